The normalized spacial score (nSPS) is 10.8. The first-order valence-corrected chi connectivity index (χ1v) is 6.07. The number of methoxy groups -OCH3 is 1. The number of anilines is 1. The van der Waals surface area contributed by atoms with Crippen LogP contribution in [-0.4, -0.2) is 49.3 Å². The number of carbonyl (C=O) groups is 1. The third-order valence-corrected chi connectivity index (χ3v) is 3.43. The third kappa shape index (κ3) is 3.76. The molecular weight excluding hydrogens is 290 g/mol. The molecule has 0 saturated heterocycles. The first-order valence-electron chi connectivity index (χ1n) is 4.88. The van der Waals surface area contributed by atoms with Crippen LogP contribution in [0.2, 0.25) is 5.15 Å². The predicted molar refractivity (Wildman–Crippen MR) is 63.8 cm³/mol. The molecule has 1 aromatic rings. The zero-order valence-corrected chi connectivity index (χ0v) is 11.0. The second kappa shape index (κ2) is 6.81. The fourth-order valence-corrected chi connectivity index (χ4v) is 2.43. The summed E-state index contributed by atoms with van der Waals surface area (Å²) in [4.78, 5) is 16.3. The van der Waals surface area contributed by atoms with Gasteiger partial charge in [-0.05, 0) is 0 Å². The van der Waals surface area contributed by atoms with Gasteiger partial charge in [-0.15, -0.1) is 0 Å². The van der Waals surface area contributed by atoms with E-state index in [0.717, 1.165) is 16.2 Å². The van der Waals surface area contributed by atoms with Gasteiger partial charge < -0.3 is 14.7 Å². The number of aromatic nitrogens is 1. The molecule has 1 heterocycles. The van der Waals surface area contributed by atoms with Gasteiger partial charge in [0.1, 0.15) is 0 Å². The molecular formula is C9H11ClF2N2O3S. The average molecular weight is 301 g/mol. The van der Waals surface area contributed by atoms with E-state index >= 15 is 0 Å². The highest BCUT2D eigenvalue weighted by atomic mass is 35.5. The van der Waals surface area contributed by atoms with E-state index in [9.17, 15) is 13.6 Å². The lowest BCUT2D eigenvalue weighted by atomic mass is 10.5. The number of rotatable bonds is 6. The number of carbonyl (C=O) groups excluding carboxylic acids is 1. The summed E-state index contributed by atoms with van der Waals surface area (Å²) in [5, 5.41) is 8.86. The molecule has 0 aliphatic carbocycles. The molecule has 9 heteroatoms. The maximum Gasteiger partial charge on any atom is 0.351 e. The lowest BCUT2D eigenvalue weighted by molar-refractivity contribution is 0.0606. The van der Waals surface area contributed by atoms with Crippen LogP contribution in [-0.2, 0) is 4.74 Å². The summed E-state index contributed by atoms with van der Waals surface area (Å²) in [6, 6.07) is 0. The summed E-state index contributed by atoms with van der Waals surface area (Å²) < 4.78 is 29.2. The topological polar surface area (TPSA) is 62.7 Å². The number of aliphatic hydroxyl groups excluding tert-OH is 1. The molecule has 0 atom stereocenters. The van der Waals surface area contributed by atoms with Crippen molar-refractivity contribution < 1.29 is 23.4 Å². The summed E-state index contributed by atoms with van der Waals surface area (Å²) in [5.74, 6) is -0.676. The number of ether oxygens (including phenoxy) is 1. The van der Waals surface area contributed by atoms with Gasteiger partial charge in [-0.3, -0.25) is 0 Å². The average Bonchev–Trinajstić information content (AvgIpc) is 2.69. The Labute approximate surface area is 111 Å². The van der Waals surface area contributed by atoms with Crippen molar-refractivity contribution in [2.75, 3.05) is 31.7 Å². The van der Waals surface area contributed by atoms with Crippen molar-refractivity contribution >= 4 is 34.0 Å². The van der Waals surface area contributed by atoms with Gasteiger partial charge in [0.05, 0.1) is 20.3 Å². The minimum atomic E-state index is -2.58. The highest BCUT2D eigenvalue weighted by Gasteiger charge is 2.22. The summed E-state index contributed by atoms with van der Waals surface area (Å²) in [7, 11) is 1.18. The van der Waals surface area contributed by atoms with Crippen LogP contribution in [0, 0.1) is 0 Å². The first kappa shape index (κ1) is 15.1. The molecule has 102 valence electrons. The van der Waals surface area contributed by atoms with Crippen molar-refractivity contribution in [1.82, 2.24) is 4.98 Å². The Balaban J connectivity index is 2.95. The van der Waals surface area contributed by atoms with Gasteiger partial charge in [0, 0.05) is 6.54 Å². The van der Waals surface area contributed by atoms with Crippen LogP contribution in [0.5, 0.6) is 0 Å². The van der Waals surface area contributed by atoms with Crippen LogP contribution >= 0.6 is 22.9 Å². The van der Waals surface area contributed by atoms with Gasteiger partial charge in [0.2, 0.25) is 0 Å². The van der Waals surface area contributed by atoms with Gasteiger partial charge in [0.25, 0.3) is 6.43 Å². The minimum Gasteiger partial charge on any atom is -0.465 e. The Morgan fingerprint density at radius 1 is 1.67 bits per heavy atom. The van der Waals surface area contributed by atoms with E-state index in [1.54, 1.807) is 0 Å². The molecule has 0 bridgehead atoms. The first-order chi connectivity index (χ1) is 8.49. The Morgan fingerprint density at radius 3 is 2.83 bits per heavy atom. The number of esters is 1. The van der Waals surface area contributed by atoms with Crippen molar-refractivity contribution in [2.45, 2.75) is 6.43 Å². The SMILES string of the molecule is COC(=O)c1sc(N(CCO)CC(F)F)nc1Cl. The molecule has 0 saturated carbocycles. The number of hydrogen-bond acceptors (Lipinski definition) is 6. The number of aliphatic hydroxyl groups is 1. The van der Waals surface area contributed by atoms with Crippen LogP contribution in [0.15, 0.2) is 0 Å². The van der Waals surface area contributed by atoms with E-state index in [2.05, 4.69) is 9.72 Å². The zero-order valence-electron chi connectivity index (χ0n) is 9.40. The molecule has 0 unspecified atom stereocenters. The van der Waals surface area contributed by atoms with Crippen LogP contribution in [0.3, 0.4) is 0 Å². The molecule has 0 radical (unpaired) electrons. The zero-order chi connectivity index (χ0) is 13.7. The van der Waals surface area contributed by atoms with Crippen LogP contribution in [0.25, 0.3) is 0 Å². The smallest absolute Gasteiger partial charge is 0.351 e. The van der Waals surface area contributed by atoms with E-state index in [1.807, 2.05) is 0 Å². The molecule has 0 spiro atoms. The number of thiazole rings is 1. The van der Waals surface area contributed by atoms with Crippen molar-refractivity contribution in [2.24, 2.45) is 0 Å². The molecule has 0 fully saturated rings. The quantitative estimate of drug-likeness (QED) is 0.809. The second-order valence-corrected chi connectivity index (χ2v) is 4.50. The summed E-state index contributed by atoms with van der Waals surface area (Å²) in [5.41, 5.74) is 0. The van der Waals surface area contributed by atoms with Crippen LogP contribution < -0.4 is 4.90 Å². The molecule has 0 aliphatic rings. The maximum absolute atomic E-state index is 12.4. The van der Waals surface area contributed by atoms with Crippen LogP contribution in [0.4, 0.5) is 13.9 Å². The molecule has 0 aromatic carbocycles. The Kier molecular flexibility index (Phi) is 5.70. The van der Waals surface area contributed by atoms with Gasteiger partial charge in [-0.2, -0.15) is 0 Å². The van der Waals surface area contributed by atoms with Crippen LogP contribution in [0.1, 0.15) is 9.67 Å². The Bertz CT molecular complexity index is 417. The molecule has 0 aliphatic heterocycles. The molecule has 1 rings (SSSR count). The molecule has 18 heavy (non-hydrogen) atoms. The van der Waals surface area contributed by atoms with Crippen molar-refractivity contribution in [3.63, 3.8) is 0 Å². The van der Waals surface area contributed by atoms with E-state index in [4.69, 9.17) is 16.7 Å². The summed E-state index contributed by atoms with van der Waals surface area (Å²) in [6.45, 7) is -0.919. The predicted octanol–water partition coefficient (Wildman–Crippen LogP) is 1.65. The monoisotopic (exact) mass is 300 g/mol. The Hall–Kier alpha value is -0.990. The molecule has 1 aromatic heterocycles. The summed E-state index contributed by atoms with van der Waals surface area (Å²) in [6.07, 6.45) is -2.58. The highest BCUT2D eigenvalue weighted by Crippen LogP contribution is 2.30. The largest absolute Gasteiger partial charge is 0.465 e. The fraction of sp³-hybridized carbons (Fsp3) is 0.556. The highest BCUT2D eigenvalue weighted by molar-refractivity contribution is 7.18. The Morgan fingerprint density at radius 2 is 2.33 bits per heavy atom. The minimum absolute atomic E-state index is 0.0191. The number of halogens is 3. The van der Waals surface area contributed by atoms with Crippen molar-refractivity contribution in [3.05, 3.63) is 10.0 Å². The van der Waals surface area contributed by atoms with Gasteiger partial charge in [-0.1, -0.05) is 22.9 Å². The van der Waals surface area contributed by atoms with E-state index in [0.29, 0.717) is 0 Å². The summed E-state index contributed by atoms with van der Waals surface area (Å²) >= 11 is 6.57. The van der Waals surface area contributed by atoms with Gasteiger partial charge in [0.15, 0.2) is 15.2 Å². The van der Waals surface area contributed by atoms with Crippen molar-refractivity contribution in [3.8, 4) is 0 Å². The number of nitrogens with zero attached hydrogens (tertiary/aromatic N) is 2. The maximum atomic E-state index is 12.4. The molecule has 5 nitrogen and oxygen atoms in total. The van der Waals surface area contributed by atoms with E-state index in [1.165, 1.54) is 7.11 Å². The number of hydrogen-bond donors (Lipinski definition) is 1. The lowest BCUT2D eigenvalue weighted by Gasteiger charge is -2.19. The molecule has 0 amide bonds. The van der Waals surface area contributed by atoms with Gasteiger partial charge >= 0.3 is 5.97 Å². The third-order valence-electron chi connectivity index (χ3n) is 1.94. The fourth-order valence-electron chi connectivity index (χ4n) is 1.20. The van der Waals surface area contributed by atoms with E-state index in [-0.39, 0.29) is 28.3 Å². The van der Waals surface area contributed by atoms with E-state index < -0.39 is 18.9 Å². The van der Waals surface area contributed by atoms with Gasteiger partial charge in [-0.25, -0.2) is 18.6 Å². The number of alkyl halides is 2. The lowest BCUT2D eigenvalue weighted by Crippen LogP contribution is -2.31. The standard InChI is InChI=1S/C9H11ClF2N2O3S/c1-17-8(16)6-7(10)13-9(18-6)14(2-3-15)4-5(11)12/h5,15H,2-4H2,1H3. The second-order valence-electron chi connectivity index (χ2n) is 3.17. The van der Waals surface area contributed by atoms with Crippen molar-refractivity contribution in [1.29, 1.82) is 0 Å². The molecule has 1 N–H and O–H groups in total.